The summed E-state index contributed by atoms with van der Waals surface area (Å²) in [5.41, 5.74) is 7.28. The quantitative estimate of drug-likeness (QED) is 0.189. The smallest absolute Gasteiger partial charge is 0.328 e. The lowest BCUT2D eigenvalue weighted by molar-refractivity contribution is -0.143. The molecule has 4 unspecified atom stereocenters. The number of nitrogens with one attached hydrogen (secondary N) is 3. The minimum Gasteiger partial charge on any atom is -0.508 e. The highest BCUT2D eigenvalue weighted by atomic mass is 16.4. The van der Waals surface area contributed by atoms with Gasteiger partial charge >= 0.3 is 5.97 Å². The highest BCUT2D eigenvalue weighted by Crippen LogP contribution is 2.12. The summed E-state index contributed by atoms with van der Waals surface area (Å²) in [7, 11) is 0. The zero-order chi connectivity index (χ0) is 27.5. The van der Waals surface area contributed by atoms with Crippen LogP contribution in [0.1, 0.15) is 25.0 Å². The molecule has 0 heterocycles. The second-order valence-electron chi connectivity index (χ2n) is 9.03. The highest BCUT2D eigenvalue weighted by Gasteiger charge is 2.31. The molecule has 0 aliphatic heterocycles. The van der Waals surface area contributed by atoms with Crippen molar-refractivity contribution in [3.8, 4) is 5.75 Å². The van der Waals surface area contributed by atoms with Crippen LogP contribution in [0.5, 0.6) is 5.75 Å². The van der Waals surface area contributed by atoms with E-state index in [1.807, 2.05) is 6.07 Å². The van der Waals surface area contributed by atoms with Gasteiger partial charge in [0.1, 0.15) is 23.9 Å². The number of benzene rings is 2. The van der Waals surface area contributed by atoms with E-state index in [1.54, 1.807) is 50.2 Å². The normalized spacial score (nSPS) is 14.2. The molecular formula is C26H34N4O7. The fraction of sp³-hybridized carbons (Fsp3) is 0.385. The molecule has 4 atom stereocenters. The van der Waals surface area contributed by atoms with Gasteiger partial charge in [-0.3, -0.25) is 14.4 Å². The van der Waals surface area contributed by atoms with Crippen molar-refractivity contribution >= 4 is 23.7 Å². The van der Waals surface area contributed by atoms with Crippen LogP contribution < -0.4 is 21.7 Å². The average Bonchev–Trinajstić information content (AvgIpc) is 2.87. The van der Waals surface area contributed by atoms with Gasteiger partial charge in [-0.05, 0) is 29.2 Å². The SMILES string of the molecule is CC(C)C(N)C(=O)NC(Cc1ccccc1)C(=O)NC(Cc1ccc(O)cc1)C(=O)NC(CO)C(=O)O. The Kier molecular flexibility index (Phi) is 11.0. The second-order valence-corrected chi connectivity index (χ2v) is 9.03. The van der Waals surface area contributed by atoms with E-state index >= 15 is 0 Å². The highest BCUT2D eigenvalue weighted by molar-refractivity contribution is 5.94. The van der Waals surface area contributed by atoms with Gasteiger partial charge in [-0.25, -0.2) is 4.79 Å². The number of rotatable bonds is 13. The molecule has 11 nitrogen and oxygen atoms in total. The zero-order valence-corrected chi connectivity index (χ0v) is 20.8. The largest absolute Gasteiger partial charge is 0.508 e. The number of aliphatic hydroxyl groups excluding tert-OH is 1. The standard InChI is InChI=1S/C26H34N4O7/c1-15(2)22(27)25(35)29-20(12-16-6-4-3-5-7-16)23(33)28-19(13-17-8-10-18(32)11-9-17)24(34)30-21(14-31)26(36)37/h3-11,15,19-22,31-32H,12-14,27H2,1-2H3,(H,28,33)(H,29,35)(H,30,34)(H,36,37). The van der Waals surface area contributed by atoms with Gasteiger partial charge in [0, 0.05) is 12.8 Å². The first-order valence-corrected chi connectivity index (χ1v) is 11.8. The van der Waals surface area contributed by atoms with Gasteiger partial charge < -0.3 is 37.0 Å². The maximum absolute atomic E-state index is 13.4. The van der Waals surface area contributed by atoms with E-state index in [1.165, 1.54) is 12.1 Å². The fourth-order valence-corrected chi connectivity index (χ4v) is 3.44. The monoisotopic (exact) mass is 514 g/mol. The lowest BCUT2D eigenvalue weighted by Gasteiger charge is -2.26. The molecule has 0 radical (unpaired) electrons. The number of nitrogens with two attached hydrogens (primary N) is 1. The number of carboxylic acid groups (broad SMARTS) is 1. The van der Waals surface area contributed by atoms with Gasteiger partial charge in [-0.1, -0.05) is 56.3 Å². The number of amides is 3. The molecule has 0 aliphatic rings. The number of phenols is 1. The Morgan fingerprint density at radius 3 is 1.68 bits per heavy atom. The van der Waals surface area contributed by atoms with Crippen molar-refractivity contribution in [2.75, 3.05) is 6.61 Å². The first-order valence-electron chi connectivity index (χ1n) is 11.8. The van der Waals surface area contributed by atoms with E-state index in [4.69, 9.17) is 5.73 Å². The van der Waals surface area contributed by atoms with Crippen LogP contribution in [-0.2, 0) is 32.0 Å². The van der Waals surface area contributed by atoms with Crippen LogP contribution in [0, 0.1) is 5.92 Å². The van der Waals surface area contributed by atoms with Crippen LogP contribution in [0.25, 0.3) is 0 Å². The number of aliphatic hydroxyl groups is 1. The number of phenolic OH excluding ortho intramolecular Hbond substituents is 1. The van der Waals surface area contributed by atoms with Crippen molar-refractivity contribution in [2.45, 2.75) is 50.9 Å². The van der Waals surface area contributed by atoms with Crippen molar-refractivity contribution in [3.63, 3.8) is 0 Å². The van der Waals surface area contributed by atoms with E-state index in [2.05, 4.69) is 16.0 Å². The van der Waals surface area contributed by atoms with Crippen LogP contribution in [0.2, 0.25) is 0 Å². The third-order valence-corrected chi connectivity index (χ3v) is 5.74. The Morgan fingerprint density at radius 1 is 0.757 bits per heavy atom. The molecule has 0 saturated heterocycles. The predicted octanol–water partition coefficient (Wildman–Crippen LogP) is -0.308. The topological polar surface area (TPSA) is 191 Å². The van der Waals surface area contributed by atoms with Gasteiger partial charge in [-0.2, -0.15) is 0 Å². The van der Waals surface area contributed by atoms with Crippen LogP contribution in [0.15, 0.2) is 54.6 Å². The Labute approximate surface area is 215 Å². The van der Waals surface area contributed by atoms with Crippen LogP contribution in [-0.4, -0.2) is 69.8 Å². The maximum Gasteiger partial charge on any atom is 0.328 e. The summed E-state index contributed by atoms with van der Waals surface area (Å²) in [5, 5.41) is 35.5. The molecule has 2 rings (SSSR count). The molecule has 2 aromatic carbocycles. The van der Waals surface area contributed by atoms with Crippen molar-refractivity contribution in [2.24, 2.45) is 11.7 Å². The van der Waals surface area contributed by atoms with E-state index in [0.29, 0.717) is 5.56 Å². The van der Waals surface area contributed by atoms with Crippen LogP contribution >= 0.6 is 0 Å². The lowest BCUT2D eigenvalue weighted by Crippen LogP contribution is -2.58. The third-order valence-electron chi connectivity index (χ3n) is 5.74. The van der Waals surface area contributed by atoms with Crippen molar-refractivity contribution in [3.05, 3.63) is 65.7 Å². The molecule has 0 aliphatic carbocycles. The van der Waals surface area contributed by atoms with Gasteiger partial charge in [0.05, 0.1) is 12.6 Å². The molecule has 11 heteroatoms. The molecule has 200 valence electrons. The minimum atomic E-state index is -1.57. The van der Waals surface area contributed by atoms with Crippen LogP contribution in [0.3, 0.4) is 0 Å². The Bertz CT molecular complexity index is 1060. The maximum atomic E-state index is 13.4. The van der Waals surface area contributed by atoms with Crippen molar-refractivity contribution < 1.29 is 34.5 Å². The summed E-state index contributed by atoms with van der Waals surface area (Å²) in [5.74, 6) is -3.67. The summed E-state index contributed by atoms with van der Waals surface area (Å²) < 4.78 is 0. The Morgan fingerprint density at radius 2 is 1.22 bits per heavy atom. The molecule has 0 aromatic heterocycles. The number of carbonyl (C=O) groups is 4. The third kappa shape index (κ3) is 9.21. The first kappa shape index (κ1) is 29.3. The first-order chi connectivity index (χ1) is 17.5. The molecular weight excluding hydrogens is 480 g/mol. The molecule has 0 spiro atoms. The summed E-state index contributed by atoms with van der Waals surface area (Å²) in [6.07, 6.45) is 0.0678. The number of carbonyl (C=O) groups excluding carboxylic acids is 3. The molecule has 0 saturated carbocycles. The molecule has 37 heavy (non-hydrogen) atoms. The summed E-state index contributed by atoms with van der Waals surface area (Å²) in [6, 6.07) is 10.1. The van der Waals surface area contributed by atoms with Gasteiger partial charge in [0.25, 0.3) is 0 Å². The van der Waals surface area contributed by atoms with E-state index in [-0.39, 0.29) is 24.5 Å². The molecule has 0 bridgehead atoms. The summed E-state index contributed by atoms with van der Waals surface area (Å²) in [4.78, 5) is 50.3. The summed E-state index contributed by atoms with van der Waals surface area (Å²) >= 11 is 0. The van der Waals surface area contributed by atoms with E-state index < -0.39 is 54.5 Å². The number of aromatic hydroxyl groups is 1. The fourth-order valence-electron chi connectivity index (χ4n) is 3.44. The molecule has 8 N–H and O–H groups in total. The minimum absolute atomic E-state index is 0.00661. The molecule has 0 fully saturated rings. The van der Waals surface area contributed by atoms with Crippen molar-refractivity contribution in [1.82, 2.24) is 16.0 Å². The van der Waals surface area contributed by atoms with Gasteiger partial charge in [0.2, 0.25) is 17.7 Å². The number of hydrogen-bond acceptors (Lipinski definition) is 7. The zero-order valence-electron chi connectivity index (χ0n) is 20.8. The predicted molar refractivity (Wildman–Crippen MR) is 135 cm³/mol. The second kappa shape index (κ2) is 14.0. The molecule has 2 aromatic rings. The van der Waals surface area contributed by atoms with E-state index in [0.717, 1.165) is 5.56 Å². The van der Waals surface area contributed by atoms with Gasteiger partial charge in [-0.15, -0.1) is 0 Å². The lowest BCUT2D eigenvalue weighted by atomic mass is 10.0. The Hall–Kier alpha value is -3.96. The number of carboxylic acids is 1. The van der Waals surface area contributed by atoms with Gasteiger partial charge in [0.15, 0.2) is 0 Å². The average molecular weight is 515 g/mol. The van der Waals surface area contributed by atoms with Crippen LogP contribution in [0.4, 0.5) is 0 Å². The molecule has 3 amide bonds. The summed E-state index contributed by atoms with van der Waals surface area (Å²) in [6.45, 7) is 2.70. The Balaban J connectivity index is 2.31. The number of hydrogen-bond donors (Lipinski definition) is 7. The van der Waals surface area contributed by atoms with E-state index in [9.17, 15) is 34.5 Å². The van der Waals surface area contributed by atoms with Crippen molar-refractivity contribution in [1.29, 1.82) is 0 Å². The number of aliphatic carboxylic acids is 1.